The highest BCUT2D eigenvalue weighted by molar-refractivity contribution is 5.87. The zero-order chi connectivity index (χ0) is 16.4. The summed E-state index contributed by atoms with van der Waals surface area (Å²) in [5, 5.41) is 13.1. The molecule has 1 fully saturated rings. The summed E-state index contributed by atoms with van der Waals surface area (Å²) in [4.78, 5) is 26.4. The monoisotopic (exact) mass is 314 g/mol. The number of aliphatic carboxylic acids is 1. The van der Waals surface area contributed by atoms with E-state index < -0.39 is 11.9 Å². The van der Waals surface area contributed by atoms with Gasteiger partial charge in [-0.15, -0.1) is 0 Å². The minimum atomic E-state index is -0.861. The van der Waals surface area contributed by atoms with Gasteiger partial charge in [0.2, 0.25) is 5.91 Å². The molecule has 0 bridgehead atoms. The predicted octanol–water partition coefficient (Wildman–Crippen LogP) is 2.50. The fourth-order valence-corrected chi connectivity index (χ4v) is 3.34. The first kappa shape index (κ1) is 15.6. The van der Waals surface area contributed by atoms with Crippen LogP contribution in [0.5, 0.6) is 0 Å². The molecular formula is C18H22N2O3. The Balaban J connectivity index is 1.59. The van der Waals surface area contributed by atoms with E-state index in [1.54, 1.807) is 0 Å². The number of carbonyl (C=O) groups is 2. The van der Waals surface area contributed by atoms with E-state index in [-0.39, 0.29) is 11.8 Å². The standard InChI is InChI=1S/C18H22N2O3/c1-2-11-4-3-5-13-12(10-20-16(11)13)8-9-19-17(21)14-6-7-15(14)18(22)23/h3-5,10,14-15,20H,2,6-9H2,1H3,(H,19,21)(H,22,23). The SMILES string of the molecule is CCc1cccc2c(CCNC(=O)C3CCC3C(=O)O)c[nH]c12. The fraction of sp³-hybridized carbons (Fsp3) is 0.444. The lowest BCUT2D eigenvalue weighted by Gasteiger charge is -2.31. The molecule has 1 heterocycles. The van der Waals surface area contributed by atoms with E-state index in [0.717, 1.165) is 12.8 Å². The van der Waals surface area contributed by atoms with E-state index in [1.165, 1.54) is 22.0 Å². The summed E-state index contributed by atoms with van der Waals surface area (Å²) in [6.07, 6.45) is 5.00. The van der Waals surface area contributed by atoms with Gasteiger partial charge in [-0.2, -0.15) is 0 Å². The van der Waals surface area contributed by atoms with Gasteiger partial charge < -0.3 is 15.4 Å². The van der Waals surface area contributed by atoms with Gasteiger partial charge >= 0.3 is 5.97 Å². The highest BCUT2D eigenvalue weighted by Gasteiger charge is 2.41. The Morgan fingerprint density at radius 2 is 2.04 bits per heavy atom. The predicted molar refractivity (Wildman–Crippen MR) is 88.2 cm³/mol. The van der Waals surface area contributed by atoms with E-state index in [2.05, 4.69) is 35.4 Å². The van der Waals surface area contributed by atoms with Crippen molar-refractivity contribution in [2.45, 2.75) is 32.6 Å². The van der Waals surface area contributed by atoms with Crippen LogP contribution in [0.1, 0.15) is 30.9 Å². The number of aromatic nitrogens is 1. The maximum Gasteiger partial charge on any atom is 0.307 e. The molecule has 1 aromatic heterocycles. The lowest BCUT2D eigenvalue weighted by molar-refractivity contribution is -0.152. The van der Waals surface area contributed by atoms with Crippen LogP contribution in [0.2, 0.25) is 0 Å². The van der Waals surface area contributed by atoms with E-state index in [0.29, 0.717) is 19.4 Å². The first-order valence-corrected chi connectivity index (χ1v) is 8.20. The van der Waals surface area contributed by atoms with Crippen molar-refractivity contribution in [2.24, 2.45) is 11.8 Å². The van der Waals surface area contributed by atoms with Gasteiger partial charge in [-0.25, -0.2) is 0 Å². The second-order valence-electron chi connectivity index (χ2n) is 6.18. The van der Waals surface area contributed by atoms with E-state index in [1.807, 2.05) is 6.20 Å². The van der Waals surface area contributed by atoms with Crippen LogP contribution in [-0.4, -0.2) is 28.5 Å². The Morgan fingerprint density at radius 1 is 1.26 bits per heavy atom. The number of carboxylic acid groups (broad SMARTS) is 1. The third-order valence-corrected chi connectivity index (χ3v) is 4.89. The molecule has 2 aromatic rings. The number of carbonyl (C=O) groups excluding carboxylic acids is 1. The molecule has 23 heavy (non-hydrogen) atoms. The van der Waals surface area contributed by atoms with Crippen molar-refractivity contribution >= 4 is 22.8 Å². The number of H-pyrrole nitrogens is 1. The third kappa shape index (κ3) is 2.96. The van der Waals surface area contributed by atoms with Crippen LogP contribution < -0.4 is 5.32 Å². The van der Waals surface area contributed by atoms with Crippen molar-refractivity contribution in [3.05, 3.63) is 35.5 Å². The molecular weight excluding hydrogens is 292 g/mol. The molecule has 5 nitrogen and oxygen atoms in total. The molecule has 2 unspecified atom stereocenters. The molecule has 122 valence electrons. The molecule has 3 N–H and O–H groups in total. The van der Waals surface area contributed by atoms with E-state index >= 15 is 0 Å². The molecule has 0 spiro atoms. The van der Waals surface area contributed by atoms with Crippen molar-refractivity contribution in [1.29, 1.82) is 0 Å². The Kier molecular flexibility index (Phi) is 4.37. The Bertz CT molecular complexity index is 735. The average molecular weight is 314 g/mol. The third-order valence-electron chi connectivity index (χ3n) is 4.89. The lowest BCUT2D eigenvalue weighted by atomic mass is 9.73. The zero-order valence-electron chi connectivity index (χ0n) is 13.3. The maximum absolute atomic E-state index is 12.1. The maximum atomic E-state index is 12.1. The molecule has 1 aliphatic carbocycles. The van der Waals surface area contributed by atoms with Gasteiger partial charge in [-0.3, -0.25) is 9.59 Å². The van der Waals surface area contributed by atoms with Crippen molar-refractivity contribution in [3.8, 4) is 0 Å². The molecule has 1 saturated carbocycles. The number of para-hydroxylation sites is 1. The van der Waals surface area contributed by atoms with Crippen LogP contribution in [0, 0.1) is 11.8 Å². The Morgan fingerprint density at radius 3 is 2.70 bits per heavy atom. The number of amides is 1. The van der Waals surface area contributed by atoms with Crippen LogP contribution in [0.4, 0.5) is 0 Å². The van der Waals surface area contributed by atoms with Crippen LogP contribution in [-0.2, 0) is 22.4 Å². The number of aromatic amines is 1. The van der Waals surface area contributed by atoms with Gasteiger partial charge in [0.05, 0.1) is 11.8 Å². The van der Waals surface area contributed by atoms with Crippen molar-refractivity contribution < 1.29 is 14.7 Å². The molecule has 5 heteroatoms. The number of rotatable bonds is 6. The van der Waals surface area contributed by atoms with E-state index in [9.17, 15) is 9.59 Å². The number of carboxylic acids is 1. The molecule has 0 aliphatic heterocycles. The normalized spacial score (nSPS) is 20.2. The molecule has 3 rings (SSSR count). The number of benzene rings is 1. The minimum absolute atomic E-state index is 0.127. The number of nitrogens with one attached hydrogen (secondary N) is 2. The Hall–Kier alpha value is -2.30. The van der Waals surface area contributed by atoms with Crippen LogP contribution >= 0.6 is 0 Å². The second kappa shape index (κ2) is 6.44. The number of fused-ring (bicyclic) bond motifs is 1. The summed E-state index contributed by atoms with van der Waals surface area (Å²) in [6.45, 7) is 2.66. The van der Waals surface area contributed by atoms with Crippen molar-refractivity contribution in [2.75, 3.05) is 6.54 Å². The lowest BCUT2D eigenvalue weighted by Crippen LogP contribution is -2.44. The minimum Gasteiger partial charge on any atom is -0.481 e. The summed E-state index contributed by atoms with van der Waals surface area (Å²) in [5.41, 5.74) is 3.64. The summed E-state index contributed by atoms with van der Waals surface area (Å²) in [5.74, 6) is -1.85. The number of hydrogen-bond acceptors (Lipinski definition) is 2. The van der Waals surface area contributed by atoms with Gasteiger partial charge in [0.1, 0.15) is 0 Å². The summed E-state index contributed by atoms with van der Waals surface area (Å²) in [6, 6.07) is 6.27. The Labute approximate surface area is 135 Å². The van der Waals surface area contributed by atoms with Gasteiger partial charge in [0.25, 0.3) is 0 Å². The molecule has 2 atom stereocenters. The fourth-order valence-electron chi connectivity index (χ4n) is 3.34. The van der Waals surface area contributed by atoms with Gasteiger partial charge in [0, 0.05) is 23.6 Å². The quantitative estimate of drug-likeness (QED) is 0.766. The summed E-state index contributed by atoms with van der Waals surface area (Å²) in [7, 11) is 0. The highest BCUT2D eigenvalue weighted by atomic mass is 16.4. The van der Waals surface area contributed by atoms with E-state index in [4.69, 9.17) is 5.11 Å². The smallest absolute Gasteiger partial charge is 0.307 e. The summed E-state index contributed by atoms with van der Waals surface area (Å²) < 4.78 is 0. The topological polar surface area (TPSA) is 82.2 Å². The van der Waals surface area contributed by atoms with Gasteiger partial charge in [-0.1, -0.05) is 25.1 Å². The van der Waals surface area contributed by atoms with Crippen molar-refractivity contribution in [3.63, 3.8) is 0 Å². The first-order chi connectivity index (χ1) is 11.1. The van der Waals surface area contributed by atoms with Crippen molar-refractivity contribution in [1.82, 2.24) is 10.3 Å². The average Bonchev–Trinajstić information content (AvgIpc) is 2.89. The van der Waals surface area contributed by atoms with Crippen LogP contribution in [0.15, 0.2) is 24.4 Å². The second-order valence-corrected chi connectivity index (χ2v) is 6.18. The van der Waals surface area contributed by atoms with Gasteiger partial charge in [-0.05, 0) is 36.8 Å². The molecule has 0 radical (unpaired) electrons. The zero-order valence-corrected chi connectivity index (χ0v) is 13.3. The highest BCUT2D eigenvalue weighted by Crippen LogP contribution is 2.34. The van der Waals surface area contributed by atoms with Crippen LogP contribution in [0.25, 0.3) is 10.9 Å². The molecule has 1 amide bonds. The van der Waals surface area contributed by atoms with Crippen LogP contribution in [0.3, 0.4) is 0 Å². The number of hydrogen-bond donors (Lipinski definition) is 3. The van der Waals surface area contributed by atoms with Gasteiger partial charge in [0.15, 0.2) is 0 Å². The molecule has 1 aromatic carbocycles. The first-order valence-electron chi connectivity index (χ1n) is 8.20. The number of aryl methyl sites for hydroxylation is 1. The largest absolute Gasteiger partial charge is 0.481 e. The molecule has 0 saturated heterocycles. The molecule has 1 aliphatic rings. The summed E-state index contributed by atoms with van der Waals surface area (Å²) >= 11 is 0.